The minimum atomic E-state index is -0.226. The summed E-state index contributed by atoms with van der Waals surface area (Å²) in [5, 5.41) is 0. The van der Waals surface area contributed by atoms with E-state index in [1.807, 2.05) is 30.3 Å². The molecule has 3 atom stereocenters. The van der Waals surface area contributed by atoms with E-state index in [4.69, 9.17) is 4.74 Å². The van der Waals surface area contributed by atoms with Crippen LogP contribution in [0.15, 0.2) is 60.7 Å². The maximum absolute atomic E-state index is 13.2. The second-order valence-electron chi connectivity index (χ2n) is 9.62. The summed E-state index contributed by atoms with van der Waals surface area (Å²) in [6.07, 6.45) is 8.03. The van der Waals surface area contributed by atoms with Gasteiger partial charge in [-0.05, 0) is 74.6 Å². The summed E-state index contributed by atoms with van der Waals surface area (Å²) < 4.78 is 5.87. The molecule has 0 radical (unpaired) electrons. The van der Waals surface area contributed by atoms with Gasteiger partial charge in [0.25, 0.3) is 0 Å². The third-order valence-electron chi connectivity index (χ3n) is 8.05. The second-order valence-corrected chi connectivity index (χ2v) is 9.62. The quantitative estimate of drug-likeness (QED) is 0.612. The fraction of sp³-hybridized carbons (Fsp3) is 0.519. The Labute approximate surface area is 180 Å². The highest BCUT2D eigenvalue weighted by Crippen LogP contribution is 2.56. The Balaban J connectivity index is 1.20. The molecule has 0 unspecified atom stereocenters. The van der Waals surface area contributed by atoms with Crippen molar-refractivity contribution in [3.05, 3.63) is 71.8 Å². The lowest BCUT2D eigenvalue weighted by Crippen LogP contribution is -2.41. The fourth-order valence-corrected chi connectivity index (χ4v) is 6.41. The number of likely N-dealkylation sites (tertiary alicyclic amines) is 1. The number of rotatable bonds is 5. The van der Waals surface area contributed by atoms with E-state index in [1.165, 1.54) is 37.7 Å². The zero-order chi connectivity index (χ0) is 20.4. The van der Waals surface area contributed by atoms with Crippen LogP contribution in [0.1, 0.15) is 62.0 Å². The van der Waals surface area contributed by atoms with Crippen LogP contribution in [0.5, 0.6) is 0 Å². The molecular weight excluding hydrogens is 370 g/mol. The van der Waals surface area contributed by atoms with Crippen LogP contribution in [0, 0.1) is 11.3 Å². The molecule has 0 aromatic heterocycles. The summed E-state index contributed by atoms with van der Waals surface area (Å²) in [5.41, 5.74) is 2.34. The van der Waals surface area contributed by atoms with Gasteiger partial charge in [-0.15, -0.1) is 0 Å². The largest absolute Gasteiger partial charge is 0.460 e. The predicted molar refractivity (Wildman–Crippen MR) is 119 cm³/mol. The van der Waals surface area contributed by atoms with Crippen molar-refractivity contribution in [2.45, 2.75) is 63.5 Å². The zero-order valence-corrected chi connectivity index (χ0v) is 17.8. The molecule has 0 bridgehead atoms. The van der Waals surface area contributed by atoms with Crippen molar-refractivity contribution in [2.75, 3.05) is 13.1 Å². The SMILES string of the molecule is O=C(OCc1ccccc1)[C@@]12CCC[C@@H]1C[C@@H](N1CCC(c3ccccc3)CC1)C2. The van der Waals surface area contributed by atoms with Crippen LogP contribution in [-0.2, 0) is 16.1 Å². The molecule has 3 fully saturated rings. The Bertz CT molecular complexity index is 844. The minimum absolute atomic E-state index is 0.0653. The predicted octanol–water partition coefficient (Wildman–Crippen LogP) is 5.56. The van der Waals surface area contributed by atoms with Gasteiger partial charge in [-0.2, -0.15) is 0 Å². The molecule has 0 amide bonds. The van der Waals surface area contributed by atoms with Gasteiger partial charge in [0, 0.05) is 6.04 Å². The molecule has 158 valence electrons. The average molecular weight is 404 g/mol. The molecule has 3 heteroatoms. The monoisotopic (exact) mass is 403 g/mol. The molecule has 2 aromatic carbocycles. The van der Waals surface area contributed by atoms with E-state index in [1.54, 1.807) is 0 Å². The number of esters is 1. The molecule has 2 aromatic rings. The number of carbonyl (C=O) groups is 1. The van der Waals surface area contributed by atoms with Gasteiger partial charge in [-0.25, -0.2) is 0 Å². The summed E-state index contributed by atoms with van der Waals surface area (Å²) in [5.74, 6) is 1.27. The average Bonchev–Trinajstić information content (AvgIpc) is 3.38. The van der Waals surface area contributed by atoms with Gasteiger partial charge in [0.2, 0.25) is 0 Å². The number of carbonyl (C=O) groups excluding carboxylic acids is 1. The van der Waals surface area contributed by atoms with Crippen molar-refractivity contribution in [1.29, 1.82) is 0 Å². The molecule has 30 heavy (non-hydrogen) atoms. The van der Waals surface area contributed by atoms with Crippen molar-refractivity contribution >= 4 is 5.97 Å². The van der Waals surface area contributed by atoms with Crippen molar-refractivity contribution < 1.29 is 9.53 Å². The number of fused-ring (bicyclic) bond motifs is 1. The first-order valence-electron chi connectivity index (χ1n) is 11.7. The summed E-state index contributed by atoms with van der Waals surface area (Å²) in [6.45, 7) is 2.72. The highest BCUT2D eigenvalue weighted by molar-refractivity contribution is 5.78. The smallest absolute Gasteiger partial charge is 0.312 e. The van der Waals surface area contributed by atoms with Gasteiger partial charge in [0.1, 0.15) is 6.61 Å². The summed E-state index contributed by atoms with van der Waals surface area (Å²) in [6, 6.07) is 21.6. The Morgan fingerprint density at radius 1 is 0.967 bits per heavy atom. The minimum Gasteiger partial charge on any atom is -0.460 e. The summed E-state index contributed by atoms with van der Waals surface area (Å²) in [7, 11) is 0. The number of ether oxygens (including phenoxy) is 1. The lowest BCUT2D eigenvalue weighted by Gasteiger charge is -2.37. The third-order valence-corrected chi connectivity index (χ3v) is 8.05. The molecule has 5 rings (SSSR count). The van der Waals surface area contributed by atoms with E-state index in [-0.39, 0.29) is 11.4 Å². The van der Waals surface area contributed by atoms with Crippen molar-refractivity contribution in [3.63, 3.8) is 0 Å². The lowest BCUT2D eigenvalue weighted by atomic mass is 9.80. The van der Waals surface area contributed by atoms with Crippen molar-refractivity contribution in [1.82, 2.24) is 4.90 Å². The highest BCUT2D eigenvalue weighted by Gasteiger charge is 2.56. The Morgan fingerprint density at radius 3 is 2.40 bits per heavy atom. The van der Waals surface area contributed by atoms with Gasteiger partial charge in [0.15, 0.2) is 0 Å². The summed E-state index contributed by atoms with van der Waals surface area (Å²) in [4.78, 5) is 15.9. The number of nitrogens with zero attached hydrogens (tertiary/aromatic N) is 1. The van der Waals surface area contributed by atoms with E-state index in [9.17, 15) is 4.79 Å². The molecule has 2 saturated carbocycles. The number of piperidine rings is 1. The molecule has 1 heterocycles. The molecule has 1 saturated heterocycles. The summed E-state index contributed by atoms with van der Waals surface area (Å²) >= 11 is 0. The Kier molecular flexibility index (Phi) is 5.64. The van der Waals surface area contributed by atoms with Gasteiger partial charge >= 0.3 is 5.97 Å². The number of hydrogen-bond acceptors (Lipinski definition) is 3. The molecule has 3 aliphatic rings. The molecule has 0 spiro atoms. The third kappa shape index (κ3) is 3.80. The van der Waals surface area contributed by atoms with Crippen LogP contribution >= 0.6 is 0 Å². The number of hydrogen-bond donors (Lipinski definition) is 0. The highest BCUT2D eigenvalue weighted by atomic mass is 16.5. The van der Waals surface area contributed by atoms with Gasteiger partial charge in [-0.3, -0.25) is 4.79 Å². The second kappa shape index (κ2) is 8.55. The first-order chi connectivity index (χ1) is 14.7. The van der Waals surface area contributed by atoms with Crippen LogP contribution in [0.4, 0.5) is 0 Å². The first kappa shape index (κ1) is 19.8. The van der Waals surface area contributed by atoms with E-state index >= 15 is 0 Å². The maximum Gasteiger partial charge on any atom is 0.312 e. The zero-order valence-electron chi connectivity index (χ0n) is 17.8. The number of benzene rings is 2. The van der Waals surface area contributed by atoms with E-state index in [0.29, 0.717) is 24.5 Å². The fourth-order valence-electron chi connectivity index (χ4n) is 6.41. The standard InChI is InChI=1S/C27H33NO2/c29-26(30-20-21-8-3-1-4-9-21)27-15-7-12-24(27)18-25(19-27)28-16-13-23(14-17-28)22-10-5-2-6-11-22/h1-6,8-11,23-25H,7,12-20H2/t24-,25-,27-/m1/s1. The Hall–Kier alpha value is -2.13. The topological polar surface area (TPSA) is 29.5 Å². The lowest BCUT2D eigenvalue weighted by molar-refractivity contribution is -0.159. The normalized spacial score (nSPS) is 29.6. The van der Waals surface area contributed by atoms with Crippen LogP contribution in [0.3, 0.4) is 0 Å². The Morgan fingerprint density at radius 2 is 1.67 bits per heavy atom. The molecular formula is C27H33NO2. The van der Waals surface area contributed by atoms with E-state index in [2.05, 4.69) is 35.2 Å². The molecule has 3 nitrogen and oxygen atoms in total. The molecule has 0 N–H and O–H groups in total. The van der Waals surface area contributed by atoms with Gasteiger partial charge in [-0.1, -0.05) is 67.1 Å². The van der Waals surface area contributed by atoms with Crippen LogP contribution < -0.4 is 0 Å². The van der Waals surface area contributed by atoms with Crippen molar-refractivity contribution in [2.24, 2.45) is 11.3 Å². The van der Waals surface area contributed by atoms with Gasteiger partial charge in [0.05, 0.1) is 5.41 Å². The van der Waals surface area contributed by atoms with Gasteiger partial charge < -0.3 is 9.64 Å². The van der Waals surface area contributed by atoms with Crippen molar-refractivity contribution in [3.8, 4) is 0 Å². The maximum atomic E-state index is 13.2. The molecule has 1 aliphatic heterocycles. The molecule has 2 aliphatic carbocycles. The van der Waals surface area contributed by atoms with E-state index in [0.717, 1.165) is 31.5 Å². The van der Waals surface area contributed by atoms with Crippen LogP contribution in [0.25, 0.3) is 0 Å². The van der Waals surface area contributed by atoms with Crippen LogP contribution in [-0.4, -0.2) is 30.0 Å². The first-order valence-corrected chi connectivity index (χ1v) is 11.7. The van der Waals surface area contributed by atoms with E-state index < -0.39 is 0 Å². The van der Waals surface area contributed by atoms with Crippen LogP contribution in [0.2, 0.25) is 0 Å².